The summed E-state index contributed by atoms with van der Waals surface area (Å²) < 4.78 is 7.47. The number of rotatable bonds is 5. The first-order chi connectivity index (χ1) is 18.5. The zero-order valence-corrected chi connectivity index (χ0v) is 20.7. The summed E-state index contributed by atoms with van der Waals surface area (Å²) in [7, 11) is 0. The highest BCUT2D eigenvalue weighted by Crippen LogP contribution is 2.72. The molecule has 2 aliphatic rings. The van der Waals surface area contributed by atoms with Crippen LogP contribution >= 0.6 is 0 Å². The number of carbonyl (C=O) groups excluding carboxylic acids is 2. The zero-order valence-electron chi connectivity index (χ0n) is 20.7. The number of benzene rings is 1. The SMILES string of the molecule is Cc1nnc(C2(c3ccccc3)CC23CCN(C(=O)C(=O)c2c[nH]c4c(-n5ccnn5)nccc24)CC3)o1. The Morgan fingerprint density at radius 3 is 2.58 bits per heavy atom. The van der Waals surface area contributed by atoms with Crippen LogP contribution in [0.25, 0.3) is 16.7 Å². The molecule has 11 nitrogen and oxygen atoms in total. The van der Waals surface area contributed by atoms with Gasteiger partial charge in [0.2, 0.25) is 11.8 Å². The number of aromatic amines is 1. The summed E-state index contributed by atoms with van der Waals surface area (Å²) in [5.41, 5.74) is 1.63. The molecule has 1 amide bonds. The number of aryl methyl sites for hydroxylation is 1. The maximum atomic E-state index is 13.4. The molecule has 7 rings (SSSR count). The molecule has 1 N–H and O–H groups in total. The van der Waals surface area contributed by atoms with Crippen molar-refractivity contribution in [1.82, 2.24) is 40.1 Å². The summed E-state index contributed by atoms with van der Waals surface area (Å²) >= 11 is 0. The maximum Gasteiger partial charge on any atom is 0.295 e. The van der Waals surface area contributed by atoms with E-state index in [4.69, 9.17) is 4.42 Å². The minimum atomic E-state index is -0.541. The van der Waals surface area contributed by atoms with E-state index < -0.39 is 11.7 Å². The fourth-order valence-electron chi connectivity index (χ4n) is 6.21. The number of likely N-dealkylation sites (tertiary alicyclic amines) is 1. The number of piperidine rings is 1. The first-order valence-electron chi connectivity index (χ1n) is 12.5. The van der Waals surface area contributed by atoms with Crippen LogP contribution in [0.15, 0.2) is 65.6 Å². The topological polar surface area (TPSA) is 136 Å². The van der Waals surface area contributed by atoms with Crippen LogP contribution in [0.2, 0.25) is 0 Å². The van der Waals surface area contributed by atoms with E-state index in [2.05, 4.69) is 42.6 Å². The third-order valence-corrected chi connectivity index (χ3v) is 8.21. The molecule has 1 unspecified atom stereocenters. The van der Waals surface area contributed by atoms with Crippen molar-refractivity contribution in [3.8, 4) is 5.82 Å². The lowest BCUT2D eigenvalue weighted by atomic mass is 9.80. The summed E-state index contributed by atoms with van der Waals surface area (Å²) in [6.45, 7) is 2.77. The maximum absolute atomic E-state index is 13.4. The third-order valence-electron chi connectivity index (χ3n) is 8.21. The lowest BCUT2D eigenvalue weighted by Crippen LogP contribution is -2.44. The molecule has 1 spiro atoms. The molecule has 190 valence electrons. The van der Waals surface area contributed by atoms with Gasteiger partial charge in [-0.1, -0.05) is 35.5 Å². The van der Waals surface area contributed by atoms with Gasteiger partial charge in [-0.05, 0) is 36.3 Å². The van der Waals surface area contributed by atoms with Crippen LogP contribution in [0.1, 0.15) is 47.0 Å². The number of H-pyrrole nitrogens is 1. The van der Waals surface area contributed by atoms with E-state index in [1.54, 1.807) is 42.7 Å². The number of nitrogens with one attached hydrogen (secondary N) is 1. The van der Waals surface area contributed by atoms with Gasteiger partial charge < -0.3 is 14.3 Å². The summed E-state index contributed by atoms with van der Waals surface area (Å²) in [5, 5.41) is 16.9. The van der Waals surface area contributed by atoms with Gasteiger partial charge in [-0.15, -0.1) is 15.3 Å². The fraction of sp³-hybridized carbons (Fsp3) is 0.296. The van der Waals surface area contributed by atoms with Gasteiger partial charge >= 0.3 is 0 Å². The van der Waals surface area contributed by atoms with E-state index in [-0.39, 0.29) is 10.8 Å². The molecule has 1 atom stereocenters. The summed E-state index contributed by atoms with van der Waals surface area (Å²) in [6.07, 6.45) is 8.75. The van der Waals surface area contributed by atoms with E-state index in [0.717, 1.165) is 24.8 Å². The average Bonchev–Trinajstić information content (AvgIpc) is 3.47. The number of aromatic nitrogens is 7. The van der Waals surface area contributed by atoms with Crippen molar-refractivity contribution in [3.63, 3.8) is 0 Å². The highest BCUT2D eigenvalue weighted by Gasteiger charge is 2.72. The standard InChI is InChI=1S/C27H24N8O3/c1-17-31-32-25(38-17)27(18-5-3-2-4-6-18)16-26(27)8-12-34(13-9-26)24(37)22(36)20-15-29-21-19(20)7-10-28-23(21)35-14-11-30-33-35/h2-7,10-11,14-15,29H,8-9,12-13,16H2,1H3. The normalized spacial score (nSPS) is 20.2. The molecule has 1 aliphatic heterocycles. The number of ketones is 1. The van der Waals surface area contributed by atoms with E-state index in [1.165, 1.54) is 4.68 Å². The fourth-order valence-corrected chi connectivity index (χ4v) is 6.21. The number of fused-ring (bicyclic) bond motifs is 1. The van der Waals surface area contributed by atoms with E-state index in [0.29, 0.717) is 47.2 Å². The quantitative estimate of drug-likeness (QED) is 0.283. The van der Waals surface area contributed by atoms with Crippen LogP contribution in [0.3, 0.4) is 0 Å². The Balaban J connectivity index is 1.13. The highest BCUT2D eigenvalue weighted by atomic mass is 16.4. The van der Waals surface area contributed by atoms with Gasteiger partial charge in [0.1, 0.15) is 0 Å². The Kier molecular flexibility index (Phi) is 4.84. The van der Waals surface area contributed by atoms with Gasteiger partial charge in [0.15, 0.2) is 5.82 Å². The number of carbonyl (C=O) groups is 2. The van der Waals surface area contributed by atoms with Crippen LogP contribution in [0.5, 0.6) is 0 Å². The first-order valence-corrected chi connectivity index (χ1v) is 12.5. The Hall–Kier alpha value is -4.67. The van der Waals surface area contributed by atoms with E-state index in [1.807, 2.05) is 18.2 Å². The molecule has 1 saturated heterocycles. The van der Waals surface area contributed by atoms with Gasteiger partial charge in [-0.25, -0.2) is 9.67 Å². The highest BCUT2D eigenvalue weighted by molar-refractivity contribution is 6.45. The molecule has 38 heavy (non-hydrogen) atoms. The Morgan fingerprint density at radius 2 is 1.87 bits per heavy atom. The predicted octanol–water partition coefficient (Wildman–Crippen LogP) is 3.02. The predicted molar refractivity (Wildman–Crippen MR) is 134 cm³/mol. The Bertz CT molecular complexity index is 1660. The van der Waals surface area contributed by atoms with Crippen molar-refractivity contribution in [2.45, 2.75) is 31.6 Å². The second kappa shape index (κ2) is 8.17. The number of hydrogen-bond acceptors (Lipinski definition) is 8. The van der Waals surface area contributed by atoms with Crippen LogP contribution in [-0.4, -0.2) is 64.8 Å². The second-order valence-corrected chi connectivity index (χ2v) is 10.1. The number of amides is 1. The molecule has 5 aromatic rings. The molecule has 1 aromatic carbocycles. The van der Waals surface area contributed by atoms with Gasteiger partial charge in [0, 0.05) is 37.8 Å². The van der Waals surface area contributed by atoms with Crippen LogP contribution in [0.4, 0.5) is 0 Å². The minimum absolute atomic E-state index is 0.0910. The van der Waals surface area contributed by atoms with Crippen molar-refractivity contribution in [3.05, 3.63) is 84.1 Å². The van der Waals surface area contributed by atoms with Gasteiger partial charge in [0.05, 0.1) is 28.9 Å². The van der Waals surface area contributed by atoms with E-state index in [9.17, 15) is 9.59 Å². The average molecular weight is 509 g/mol. The Morgan fingerprint density at radius 1 is 1.05 bits per heavy atom. The monoisotopic (exact) mass is 508 g/mol. The molecular formula is C27H24N8O3. The van der Waals surface area contributed by atoms with Gasteiger partial charge in [-0.2, -0.15) is 0 Å². The second-order valence-electron chi connectivity index (χ2n) is 10.1. The third kappa shape index (κ3) is 3.17. The van der Waals surface area contributed by atoms with Gasteiger partial charge in [0.25, 0.3) is 11.7 Å². The minimum Gasteiger partial charge on any atom is -0.425 e. The largest absolute Gasteiger partial charge is 0.425 e. The lowest BCUT2D eigenvalue weighted by molar-refractivity contribution is -0.128. The van der Waals surface area contributed by atoms with Crippen molar-refractivity contribution in [2.75, 3.05) is 13.1 Å². The van der Waals surface area contributed by atoms with Crippen LogP contribution < -0.4 is 0 Å². The van der Waals surface area contributed by atoms with Crippen LogP contribution in [0, 0.1) is 12.3 Å². The van der Waals surface area contributed by atoms with Crippen molar-refractivity contribution in [1.29, 1.82) is 0 Å². The number of nitrogens with zero attached hydrogens (tertiary/aromatic N) is 7. The molecule has 2 fully saturated rings. The summed E-state index contributed by atoms with van der Waals surface area (Å²) in [6, 6.07) is 12.0. The molecular weight excluding hydrogens is 484 g/mol. The molecule has 0 bridgehead atoms. The smallest absolute Gasteiger partial charge is 0.295 e. The van der Waals surface area contributed by atoms with E-state index >= 15 is 0 Å². The number of hydrogen-bond donors (Lipinski definition) is 1. The number of Topliss-reactive ketones (excluding diaryl/α,β-unsaturated/α-hetero) is 1. The summed E-state index contributed by atoms with van der Waals surface area (Å²) in [5.74, 6) is 0.637. The molecule has 5 heterocycles. The van der Waals surface area contributed by atoms with Crippen molar-refractivity contribution >= 4 is 22.6 Å². The molecule has 1 aliphatic carbocycles. The summed E-state index contributed by atoms with van der Waals surface area (Å²) in [4.78, 5) is 35.8. The number of pyridine rings is 1. The lowest BCUT2D eigenvalue weighted by Gasteiger charge is -2.34. The van der Waals surface area contributed by atoms with Crippen LogP contribution in [-0.2, 0) is 10.2 Å². The molecule has 1 saturated carbocycles. The van der Waals surface area contributed by atoms with Crippen molar-refractivity contribution < 1.29 is 14.0 Å². The van der Waals surface area contributed by atoms with Crippen molar-refractivity contribution in [2.24, 2.45) is 5.41 Å². The van der Waals surface area contributed by atoms with Gasteiger partial charge in [-0.3, -0.25) is 9.59 Å². The first kappa shape index (κ1) is 22.5. The molecule has 4 aromatic heterocycles. The Labute approximate surface area is 216 Å². The molecule has 11 heteroatoms. The zero-order chi connectivity index (χ0) is 25.9. The molecule has 0 radical (unpaired) electrons.